The van der Waals surface area contributed by atoms with Gasteiger partial charge in [0.1, 0.15) is 23.7 Å². The van der Waals surface area contributed by atoms with Crippen molar-refractivity contribution in [1.82, 2.24) is 4.48 Å². The van der Waals surface area contributed by atoms with Gasteiger partial charge >= 0.3 is 18.3 Å². The molecule has 1 heterocycles. The molecule has 0 fully saturated rings. The first-order valence-corrected chi connectivity index (χ1v) is 9.43. The lowest BCUT2D eigenvalue weighted by atomic mass is 9.88. The predicted octanol–water partition coefficient (Wildman–Crippen LogP) is 4.63. The number of carbonyl (C=O) groups is 1. The number of aliphatic hydroxyl groups is 1. The van der Waals surface area contributed by atoms with E-state index in [1.165, 1.54) is 25.2 Å². The van der Waals surface area contributed by atoms with Crippen molar-refractivity contribution < 1.29 is 45.4 Å². The molecule has 2 aromatic carbocycles. The number of quaternary nitrogens is 1. The molecule has 0 aromatic heterocycles. The number of nitrogens with zero attached hydrogens (tertiary/aromatic N) is 1. The van der Waals surface area contributed by atoms with E-state index in [-0.39, 0.29) is 18.7 Å². The van der Waals surface area contributed by atoms with Crippen molar-refractivity contribution in [2.45, 2.75) is 30.8 Å². The molecule has 2 aromatic rings. The van der Waals surface area contributed by atoms with Crippen LogP contribution in [0.25, 0.3) is 0 Å². The molecule has 0 saturated heterocycles. The van der Waals surface area contributed by atoms with Gasteiger partial charge in [-0.25, -0.2) is 13.7 Å². The number of likely N-dealkylation sites (N-methyl/N-ethyl adjacent to an activating group) is 1. The summed E-state index contributed by atoms with van der Waals surface area (Å²) in [5.41, 5.74) is -3.46. The maximum Gasteiger partial charge on any atom is 0.422 e. The zero-order chi connectivity index (χ0) is 23.9. The summed E-state index contributed by atoms with van der Waals surface area (Å²) < 4.78 is 95.6. The maximum absolute atomic E-state index is 13.8. The minimum absolute atomic E-state index is 0.0498. The zero-order valence-corrected chi connectivity index (χ0v) is 16.7. The van der Waals surface area contributed by atoms with Gasteiger partial charge in [0.15, 0.2) is 12.2 Å². The summed E-state index contributed by atoms with van der Waals surface area (Å²) in [7, 11) is 1.37. The minimum Gasteiger partial charge on any atom is -0.484 e. The van der Waals surface area contributed by atoms with Crippen LogP contribution >= 0.6 is 0 Å². The second kappa shape index (κ2) is 8.04. The van der Waals surface area contributed by atoms with Crippen molar-refractivity contribution in [3.05, 3.63) is 59.4 Å². The van der Waals surface area contributed by atoms with Crippen LogP contribution < -0.4 is 9.22 Å². The number of halogens is 7. The number of benzene rings is 2. The molecule has 174 valence electrons. The molecule has 2 atom stereocenters. The minimum atomic E-state index is -5.22. The Kier molecular flexibility index (Phi) is 6.03. The Balaban J connectivity index is 1.88. The van der Waals surface area contributed by atoms with Gasteiger partial charge in [-0.2, -0.15) is 26.3 Å². The standard InChI is InChI=1S/C21H19F7NO3/c1-29(9-8-13-10-16(6-7-17(13)29)32-12-20(23,24)25)18(30)11-19(31,21(26,27)28)14-2-4-15(22)5-3-14/h2-7,10,31H,8-9,11-12H2,1H3/q+1/t19-,29?/m1/s1. The van der Waals surface area contributed by atoms with Crippen LogP contribution in [0.5, 0.6) is 5.75 Å². The number of amides is 1. The number of hydrogen-bond acceptors (Lipinski definition) is 3. The quantitative estimate of drug-likeness (QED) is 0.517. The molecule has 1 unspecified atom stereocenters. The fraction of sp³-hybridized carbons (Fsp3) is 0.381. The highest BCUT2D eigenvalue weighted by Gasteiger charge is 2.59. The maximum atomic E-state index is 13.8. The van der Waals surface area contributed by atoms with E-state index in [9.17, 15) is 40.6 Å². The van der Waals surface area contributed by atoms with Crippen LogP contribution in [0.3, 0.4) is 0 Å². The van der Waals surface area contributed by atoms with E-state index >= 15 is 0 Å². The lowest BCUT2D eigenvalue weighted by molar-refractivity contribution is -0.268. The second-order valence-electron chi connectivity index (χ2n) is 7.79. The molecule has 1 aliphatic heterocycles. The van der Waals surface area contributed by atoms with E-state index in [1.54, 1.807) is 0 Å². The summed E-state index contributed by atoms with van der Waals surface area (Å²) in [6.07, 6.45) is -10.9. The van der Waals surface area contributed by atoms with Crippen molar-refractivity contribution in [3.63, 3.8) is 0 Å². The third-order valence-corrected chi connectivity index (χ3v) is 5.56. The molecular formula is C21H19F7NO3+. The molecule has 1 aliphatic rings. The predicted molar refractivity (Wildman–Crippen MR) is 100 cm³/mol. The Bertz CT molecular complexity index is 1000. The highest BCUT2D eigenvalue weighted by atomic mass is 19.4. The number of carbonyl (C=O) groups excluding carboxylic acids is 1. The topological polar surface area (TPSA) is 46.5 Å². The van der Waals surface area contributed by atoms with Gasteiger partial charge in [0.05, 0.1) is 13.6 Å². The Morgan fingerprint density at radius 1 is 1.06 bits per heavy atom. The molecule has 0 saturated carbocycles. The lowest BCUT2D eigenvalue weighted by Gasteiger charge is -2.34. The van der Waals surface area contributed by atoms with Crippen LogP contribution in [-0.4, -0.2) is 43.6 Å². The molecule has 1 amide bonds. The number of fused-ring (bicyclic) bond motifs is 1. The molecule has 32 heavy (non-hydrogen) atoms. The zero-order valence-electron chi connectivity index (χ0n) is 16.7. The Hall–Kier alpha value is -2.66. The van der Waals surface area contributed by atoms with Gasteiger partial charge in [0, 0.05) is 18.1 Å². The molecule has 0 bridgehead atoms. The molecule has 4 nitrogen and oxygen atoms in total. The SMILES string of the molecule is C[N+]1(C(=O)C[C@@](O)(c2ccc(F)cc2)C(F)(F)F)CCc2cc(OCC(F)(F)F)ccc21. The lowest BCUT2D eigenvalue weighted by Crippen LogP contribution is -2.54. The molecule has 0 spiro atoms. The molecule has 1 N–H and O–H groups in total. The van der Waals surface area contributed by atoms with Gasteiger partial charge in [-0.3, -0.25) is 0 Å². The fourth-order valence-electron chi connectivity index (χ4n) is 3.71. The van der Waals surface area contributed by atoms with E-state index in [4.69, 9.17) is 0 Å². The third kappa shape index (κ3) is 4.58. The highest BCUT2D eigenvalue weighted by molar-refractivity contribution is 5.91. The van der Waals surface area contributed by atoms with E-state index in [1.807, 2.05) is 0 Å². The Morgan fingerprint density at radius 2 is 1.69 bits per heavy atom. The van der Waals surface area contributed by atoms with Crippen LogP contribution in [0.1, 0.15) is 17.5 Å². The van der Waals surface area contributed by atoms with Crippen molar-refractivity contribution >= 4 is 11.6 Å². The first-order valence-electron chi connectivity index (χ1n) is 9.43. The van der Waals surface area contributed by atoms with Gasteiger partial charge in [0.25, 0.3) is 0 Å². The number of hydrogen-bond donors (Lipinski definition) is 1. The van der Waals surface area contributed by atoms with E-state index < -0.39 is 52.8 Å². The van der Waals surface area contributed by atoms with Gasteiger partial charge in [-0.05, 0) is 29.8 Å². The molecule has 11 heteroatoms. The summed E-state index contributed by atoms with van der Waals surface area (Å²) >= 11 is 0. The van der Waals surface area contributed by atoms with Crippen molar-refractivity contribution in [2.24, 2.45) is 0 Å². The summed E-state index contributed by atoms with van der Waals surface area (Å²) in [6, 6.07) is 6.87. The van der Waals surface area contributed by atoms with Crippen molar-refractivity contribution in [1.29, 1.82) is 0 Å². The van der Waals surface area contributed by atoms with Crippen molar-refractivity contribution in [2.75, 3.05) is 20.2 Å². The second-order valence-corrected chi connectivity index (χ2v) is 7.79. The van der Waals surface area contributed by atoms with Gasteiger partial charge in [-0.15, -0.1) is 0 Å². The van der Waals surface area contributed by atoms with Crippen LogP contribution in [0, 0.1) is 5.82 Å². The normalized spacial score (nSPS) is 20.5. The van der Waals surface area contributed by atoms with Gasteiger partial charge in [0.2, 0.25) is 0 Å². The van der Waals surface area contributed by atoms with Crippen LogP contribution in [0.2, 0.25) is 0 Å². The van der Waals surface area contributed by atoms with Crippen molar-refractivity contribution in [3.8, 4) is 5.75 Å². The van der Waals surface area contributed by atoms with Crippen LogP contribution in [0.15, 0.2) is 42.5 Å². The summed E-state index contributed by atoms with van der Waals surface area (Å²) in [4.78, 5) is 13.0. The number of alkyl halides is 6. The first kappa shape index (κ1) is 24.0. The van der Waals surface area contributed by atoms with E-state index in [0.717, 1.165) is 24.3 Å². The fourth-order valence-corrected chi connectivity index (χ4v) is 3.71. The average Bonchev–Trinajstić information content (AvgIpc) is 3.03. The van der Waals surface area contributed by atoms with Gasteiger partial charge in [-0.1, -0.05) is 12.1 Å². The number of rotatable bonds is 5. The smallest absolute Gasteiger partial charge is 0.422 e. The highest BCUT2D eigenvalue weighted by Crippen LogP contribution is 2.44. The third-order valence-electron chi connectivity index (χ3n) is 5.56. The van der Waals surface area contributed by atoms with Crippen LogP contribution in [-0.2, 0) is 16.8 Å². The number of ether oxygens (including phenoxy) is 1. The van der Waals surface area contributed by atoms with E-state index in [2.05, 4.69) is 4.74 Å². The molecule has 3 rings (SSSR count). The van der Waals surface area contributed by atoms with E-state index in [0.29, 0.717) is 11.3 Å². The summed E-state index contributed by atoms with van der Waals surface area (Å²) in [5.74, 6) is -1.85. The Labute approximate surface area is 178 Å². The molecular weight excluding hydrogens is 447 g/mol. The first-order chi connectivity index (χ1) is 14.7. The van der Waals surface area contributed by atoms with Gasteiger partial charge < -0.3 is 9.84 Å². The average molecular weight is 466 g/mol. The largest absolute Gasteiger partial charge is 0.484 e. The van der Waals surface area contributed by atoms with Crippen LogP contribution in [0.4, 0.5) is 36.4 Å². The molecule has 0 aliphatic carbocycles. The Morgan fingerprint density at radius 3 is 2.25 bits per heavy atom. The summed E-state index contributed by atoms with van der Waals surface area (Å²) in [6.45, 7) is -1.46. The summed E-state index contributed by atoms with van der Waals surface area (Å²) in [5, 5.41) is 10.5. The monoisotopic (exact) mass is 466 g/mol. The molecule has 0 radical (unpaired) electrons.